The molecular weight excluding hydrogens is 354 g/mol. The smallest absolute Gasteiger partial charge is 0.218 e. The SMILES string of the molecule is Nc1nc(-c2cccc3oc4ccccc4c23)cn2nc(-c3ccco3)nc12. The largest absolute Gasteiger partial charge is 0.461 e. The first-order chi connectivity index (χ1) is 13.8. The minimum absolute atomic E-state index is 0.299. The summed E-state index contributed by atoms with van der Waals surface area (Å²) in [5.41, 5.74) is 9.94. The minimum atomic E-state index is 0.299. The zero-order valence-corrected chi connectivity index (χ0v) is 14.5. The highest BCUT2D eigenvalue weighted by Crippen LogP contribution is 2.36. The van der Waals surface area contributed by atoms with E-state index in [9.17, 15) is 0 Å². The van der Waals surface area contributed by atoms with Crippen LogP contribution in [-0.2, 0) is 0 Å². The first-order valence-corrected chi connectivity index (χ1v) is 8.75. The highest BCUT2D eigenvalue weighted by atomic mass is 16.3. The predicted molar refractivity (Wildman–Crippen MR) is 106 cm³/mol. The number of nitrogen functional groups attached to an aromatic ring is 1. The van der Waals surface area contributed by atoms with E-state index in [0.717, 1.165) is 27.5 Å². The molecule has 0 atom stereocenters. The van der Waals surface area contributed by atoms with Gasteiger partial charge in [-0.3, -0.25) is 0 Å². The Hall–Kier alpha value is -4.13. The maximum Gasteiger partial charge on any atom is 0.218 e. The van der Waals surface area contributed by atoms with E-state index in [1.54, 1.807) is 22.9 Å². The van der Waals surface area contributed by atoms with Gasteiger partial charge in [0, 0.05) is 16.3 Å². The fourth-order valence-electron chi connectivity index (χ4n) is 3.54. The zero-order chi connectivity index (χ0) is 18.7. The molecule has 0 bridgehead atoms. The summed E-state index contributed by atoms with van der Waals surface area (Å²) in [6, 6.07) is 17.4. The van der Waals surface area contributed by atoms with Crippen molar-refractivity contribution in [3.63, 3.8) is 0 Å². The Bertz CT molecular complexity index is 1480. The third-order valence-corrected chi connectivity index (χ3v) is 4.77. The quantitative estimate of drug-likeness (QED) is 0.483. The van der Waals surface area contributed by atoms with Gasteiger partial charge in [0.15, 0.2) is 17.2 Å². The van der Waals surface area contributed by atoms with Crippen LogP contribution in [0.4, 0.5) is 5.82 Å². The van der Waals surface area contributed by atoms with Crippen LogP contribution >= 0.6 is 0 Å². The number of hydrogen-bond acceptors (Lipinski definition) is 6. The monoisotopic (exact) mass is 367 g/mol. The molecule has 0 radical (unpaired) electrons. The summed E-state index contributed by atoms with van der Waals surface area (Å²) in [4.78, 5) is 9.03. The number of furan rings is 2. The minimum Gasteiger partial charge on any atom is -0.461 e. The molecule has 0 aliphatic heterocycles. The first kappa shape index (κ1) is 15.0. The van der Waals surface area contributed by atoms with E-state index >= 15 is 0 Å². The van der Waals surface area contributed by atoms with Gasteiger partial charge in [-0.05, 0) is 24.3 Å². The number of aromatic nitrogens is 4. The van der Waals surface area contributed by atoms with Gasteiger partial charge in [0.25, 0.3) is 0 Å². The third kappa shape index (κ3) is 2.07. The normalized spacial score (nSPS) is 11.7. The molecule has 0 unspecified atom stereocenters. The summed E-state index contributed by atoms with van der Waals surface area (Å²) in [6.07, 6.45) is 3.40. The summed E-state index contributed by atoms with van der Waals surface area (Å²) >= 11 is 0. The summed E-state index contributed by atoms with van der Waals surface area (Å²) in [7, 11) is 0. The fourth-order valence-corrected chi connectivity index (χ4v) is 3.54. The maximum absolute atomic E-state index is 6.20. The van der Waals surface area contributed by atoms with E-state index in [-0.39, 0.29) is 0 Å². The van der Waals surface area contributed by atoms with Crippen LogP contribution in [-0.4, -0.2) is 19.6 Å². The first-order valence-electron chi connectivity index (χ1n) is 8.75. The van der Waals surface area contributed by atoms with Gasteiger partial charge >= 0.3 is 0 Å². The number of nitrogens with two attached hydrogens (primary N) is 1. The van der Waals surface area contributed by atoms with Crippen molar-refractivity contribution in [1.29, 1.82) is 0 Å². The van der Waals surface area contributed by atoms with Crippen LogP contribution < -0.4 is 5.73 Å². The lowest BCUT2D eigenvalue weighted by Gasteiger charge is -2.05. The molecule has 28 heavy (non-hydrogen) atoms. The lowest BCUT2D eigenvalue weighted by atomic mass is 10.0. The Morgan fingerprint density at radius 1 is 0.893 bits per heavy atom. The van der Waals surface area contributed by atoms with Crippen molar-refractivity contribution in [2.75, 3.05) is 5.73 Å². The van der Waals surface area contributed by atoms with E-state index < -0.39 is 0 Å². The van der Waals surface area contributed by atoms with Gasteiger partial charge in [0.2, 0.25) is 5.82 Å². The number of rotatable bonds is 2. The Kier molecular flexibility index (Phi) is 2.91. The van der Waals surface area contributed by atoms with E-state index in [0.29, 0.717) is 28.7 Å². The fraction of sp³-hybridized carbons (Fsp3) is 0. The van der Waals surface area contributed by atoms with Crippen molar-refractivity contribution in [3.8, 4) is 22.8 Å². The average Bonchev–Trinajstić information content (AvgIpc) is 3.44. The van der Waals surface area contributed by atoms with E-state index in [2.05, 4.69) is 15.1 Å². The van der Waals surface area contributed by atoms with Gasteiger partial charge in [-0.15, -0.1) is 5.10 Å². The number of hydrogen-bond donors (Lipinski definition) is 1. The molecule has 2 N–H and O–H groups in total. The molecule has 7 nitrogen and oxygen atoms in total. The number of benzene rings is 2. The highest BCUT2D eigenvalue weighted by Gasteiger charge is 2.17. The van der Waals surface area contributed by atoms with Crippen molar-refractivity contribution in [3.05, 3.63) is 67.1 Å². The molecule has 0 aliphatic carbocycles. The van der Waals surface area contributed by atoms with E-state index in [1.807, 2.05) is 48.7 Å². The predicted octanol–water partition coefficient (Wildman–Crippen LogP) is 4.53. The van der Waals surface area contributed by atoms with Gasteiger partial charge in [-0.2, -0.15) is 0 Å². The molecule has 0 fully saturated rings. The molecule has 0 aliphatic rings. The molecule has 0 saturated carbocycles. The van der Waals surface area contributed by atoms with Gasteiger partial charge < -0.3 is 14.6 Å². The Balaban J connectivity index is 1.63. The second-order valence-electron chi connectivity index (χ2n) is 6.47. The molecule has 2 aromatic carbocycles. The lowest BCUT2D eigenvalue weighted by Crippen LogP contribution is -2.00. The van der Waals surface area contributed by atoms with E-state index in [1.165, 1.54) is 0 Å². The molecule has 6 aromatic rings. The summed E-state index contributed by atoms with van der Waals surface area (Å²) < 4.78 is 13.0. The van der Waals surface area contributed by atoms with Crippen molar-refractivity contribution >= 4 is 33.4 Å². The Morgan fingerprint density at radius 3 is 2.68 bits per heavy atom. The third-order valence-electron chi connectivity index (χ3n) is 4.77. The van der Waals surface area contributed by atoms with Crippen molar-refractivity contribution in [2.24, 2.45) is 0 Å². The number of anilines is 1. The van der Waals surface area contributed by atoms with E-state index in [4.69, 9.17) is 14.6 Å². The molecule has 6 rings (SSSR count). The molecule has 4 heterocycles. The zero-order valence-electron chi connectivity index (χ0n) is 14.5. The van der Waals surface area contributed by atoms with Gasteiger partial charge in [0.1, 0.15) is 11.2 Å². The Labute approximate surface area is 158 Å². The molecule has 134 valence electrons. The number of para-hydroxylation sites is 1. The molecule has 7 heteroatoms. The van der Waals surface area contributed by atoms with Gasteiger partial charge in [0.05, 0.1) is 18.2 Å². The number of nitrogens with zero attached hydrogens (tertiary/aromatic N) is 4. The highest BCUT2D eigenvalue weighted by molar-refractivity contribution is 6.12. The van der Waals surface area contributed by atoms with Crippen LogP contribution in [0, 0.1) is 0 Å². The summed E-state index contributed by atoms with van der Waals surface area (Å²) in [6.45, 7) is 0. The van der Waals surface area contributed by atoms with Crippen LogP contribution in [0.2, 0.25) is 0 Å². The molecule has 0 spiro atoms. The lowest BCUT2D eigenvalue weighted by molar-refractivity contribution is 0.577. The second kappa shape index (κ2) is 5.43. The standard InChI is InChI=1S/C21H13N5O2/c22-19-21-24-20(17-9-4-10-27-17)25-26(21)11-14(23-19)12-6-3-8-16-18(12)13-5-1-2-7-15(13)28-16/h1-11H,(H2,22,23). The van der Waals surface area contributed by atoms with Gasteiger partial charge in [-0.1, -0.05) is 30.3 Å². The molecule has 4 aromatic heterocycles. The number of fused-ring (bicyclic) bond motifs is 4. The van der Waals surface area contributed by atoms with Crippen molar-refractivity contribution < 1.29 is 8.83 Å². The van der Waals surface area contributed by atoms with Gasteiger partial charge in [-0.25, -0.2) is 14.5 Å². The second-order valence-corrected chi connectivity index (χ2v) is 6.47. The summed E-state index contributed by atoms with van der Waals surface area (Å²) in [5.74, 6) is 1.34. The van der Waals surface area contributed by atoms with Crippen LogP contribution in [0.1, 0.15) is 0 Å². The van der Waals surface area contributed by atoms with Crippen molar-refractivity contribution in [2.45, 2.75) is 0 Å². The summed E-state index contributed by atoms with van der Waals surface area (Å²) in [5, 5.41) is 6.53. The maximum atomic E-state index is 6.20. The molecule has 0 amide bonds. The van der Waals surface area contributed by atoms with Crippen LogP contribution in [0.15, 0.2) is 75.9 Å². The average molecular weight is 367 g/mol. The van der Waals surface area contributed by atoms with Crippen LogP contribution in [0.25, 0.3) is 50.4 Å². The molecule has 0 saturated heterocycles. The molecular formula is C21H13N5O2. The van der Waals surface area contributed by atoms with Crippen LogP contribution in [0.3, 0.4) is 0 Å². The van der Waals surface area contributed by atoms with Crippen LogP contribution in [0.5, 0.6) is 0 Å². The Morgan fingerprint density at radius 2 is 1.79 bits per heavy atom. The van der Waals surface area contributed by atoms with Crippen molar-refractivity contribution in [1.82, 2.24) is 19.6 Å². The topological polar surface area (TPSA) is 95.4 Å².